The van der Waals surface area contributed by atoms with Crippen LogP contribution in [0.4, 0.5) is 5.95 Å². The van der Waals surface area contributed by atoms with Crippen LogP contribution in [0.5, 0.6) is 0 Å². The molecule has 0 aliphatic rings. The summed E-state index contributed by atoms with van der Waals surface area (Å²) in [6.07, 6.45) is 1.67. The van der Waals surface area contributed by atoms with Crippen LogP contribution in [0.25, 0.3) is 11.5 Å². The number of hydrogen-bond acceptors (Lipinski definition) is 5. The first-order valence-corrected chi connectivity index (χ1v) is 7.14. The van der Waals surface area contributed by atoms with Crippen molar-refractivity contribution in [2.75, 3.05) is 5.32 Å². The van der Waals surface area contributed by atoms with E-state index in [9.17, 15) is 4.79 Å². The first kappa shape index (κ1) is 14.8. The van der Waals surface area contributed by atoms with Crippen LogP contribution < -0.4 is 5.32 Å². The molecule has 6 heteroatoms. The third-order valence-corrected chi connectivity index (χ3v) is 3.26. The Labute approximate surface area is 133 Å². The number of aromatic nitrogens is 4. The Kier molecular flexibility index (Phi) is 4.05. The number of nitrogens with one attached hydrogen (secondary N) is 1. The number of rotatable bonds is 3. The molecule has 2 aromatic heterocycles. The second-order valence-electron chi connectivity index (χ2n) is 5.01. The predicted molar refractivity (Wildman–Crippen MR) is 86.9 cm³/mol. The molecule has 2 heterocycles. The molecule has 0 aliphatic heterocycles. The Bertz CT molecular complexity index is 849. The average Bonchev–Trinajstić information content (AvgIpc) is 2.55. The summed E-state index contributed by atoms with van der Waals surface area (Å²) in [6, 6.07) is 12.8. The minimum absolute atomic E-state index is 0.214. The van der Waals surface area contributed by atoms with Crippen molar-refractivity contribution in [2.24, 2.45) is 0 Å². The van der Waals surface area contributed by atoms with Gasteiger partial charge in [0.2, 0.25) is 5.95 Å². The van der Waals surface area contributed by atoms with Crippen molar-refractivity contribution in [1.29, 1.82) is 0 Å². The van der Waals surface area contributed by atoms with Gasteiger partial charge in [-0.05, 0) is 37.6 Å². The molecule has 0 saturated carbocycles. The molecule has 0 spiro atoms. The van der Waals surface area contributed by atoms with Crippen molar-refractivity contribution in [2.45, 2.75) is 13.8 Å². The van der Waals surface area contributed by atoms with Crippen LogP contribution in [-0.4, -0.2) is 25.8 Å². The van der Waals surface area contributed by atoms with E-state index in [1.54, 1.807) is 19.2 Å². The molecule has 114 valence electrons. The standard InChI is InChI=1S/C17H15N5O/c1-11-7-3-4-8-13(11)16(23)22-17-20-12(2)19-15(21-17)14-9-5-6-10-18-14/h3-10H,1-2H3,(H,19,20,21,22,23). The predicted octanol–water partition coefficient (Wildman–Crippen LogP) is 2.80. The molecule has 0 aliphatic carbocycles. The number of carbonyl (C=O) groups is 1. The molecule has 0 radical (unpaired) electrons. The van der Waals surface area contributed by atoms with Gasteiger partial charge in [0.1, 0.15) is 11.5 Å². The third-order valence-electron chi connectivity index (χ3n) is 3.26. The van der Waals surface area contributed by atoms with E-state index in [0.717, 1.165) is 5.56 Å². The highest BCUT2D eigenvalue weighted by atomic mass is 16.1. The van der Waals surface area contributed by atoms with Crippen molar-refractivity contribution in [1.82, 2.24) is 19.9 Å². The molecule has 0 saturated heterocycles. The van der Waals surface area contributed by atoms with Gasteiger partial charge >= 0.3 is 0 Å². The average molecular weight is 305 g/mol. The molecule has 1 N–H and O–H groups in total. The van der Waals surface area contributed by atoms with Gasteiger partial charge < -0.3 is 0 Å². The molecule has 6 nitrogen and oxygen atoms in total. The number of nitrogens with zero attached hydrogens (tertiary/aromatic N) is 4. The first-order valence-electron chi connectivity index (χ1n) is 7.14. The zero-order valence-corrected chi connectivity index (χ0v) is 12.8. The highest BCUT2D eigenvalue weighted by Crippen LogP contribution is 2.14. The zero-order chi connectivity index (χ0) is 16.2. The summed E-state index contributed by atoms with van der Waals surface area (Å²) in [7, 11) is 0. The Balaban J connectivity index is 1.91. The van der Waals surface area contributed by atoms with E-state index in [0.29, 0.717) is 22.9 Å². The lowest BCUT2D eigenvalue weighted by Crippen LogP contribution is -2.16. The third kappa shape index (κ3) is 3.37. The molecule has 0 bridgehead atoms. The summed E-state index contributed by atoms with van der Waals surface area (Å²) < 4.78 is 0. The van der Waals surface area contributed by atoms with Gasteiger partial charge in [0.05, 0.1) is 0 Å². The van der Waals surface area contributed by atoms with Gasteiger partial charge in [-0.2, -0.15) is 9.97 Å². The summed E-state index contributed by atoms with van der Waals surface area (Å²) in [5, 5.41) is 2.72. The van der Waals surface area contributed by atoms with Crippen molar-refractivity contribution in [3.05, 3.63) is 65.6 Å². The van der Waals surface area contributed by atoms with Crippen LogP contribution in [0.2, 0.25) is 0 Å². The van der Waals surface area contributed by atoms with Crippen LogP contribution in [-0.2, 0) is 0 Å². The molecule has 0 unspecified atom stereocenters. The molecular weight excluding hydrogens is 290 g/mol. The van der Waals surface area contributed by atoms with Crippen LogP contribution in [0.15, 0.2) is 48.7 Å². The van der Waals surface area contributed by atoms with E-state index < -0.39 is 0 Å². The van der Waals surface area contributed by atoms with Gasteiger partial charge in [-0.25, -0.2) is 4.98 Å². The van der Waals surface area contributed by atoms with E-state index in [1.165, 1.54) is 0 Å². The minimum Gasteiger partial charge on any atom is -0.290 e. The number of hydrogen-bond donors (Lipinski definition) is 1. The summed E-state index contributed by atoms with van der Waals surface area (Å²) in [5.41, 5.74) is 2.11. The molecule has 0 atom stereocenters. The van der Waals surface area contributed by atoms with E-state index >= 15 is 0 Å². The van der Waals surface area contributed by atoms with Crippen molar-refractivity contribution < 1.29 is 4.79 Å². The Morgan fingerprint density at radius 2 is 1.74 bits per heavy atom. The molecule has 1 amide bonds. The summed E-state index contributed by atoms with van der Waals surface area (Å²) in [6.45, 7) is 3.63. The number of benzene rings is 1. The lowest BCUT2D eigenvalue weighted by molar-refractivity contribution is 0.102. The maximum Gasteiger partial charge on any atom is 0.258 e. The van der Waals surface area contributed by atoms with E-state index in [4.69, 9.17) is 0 Å². The van der Waals surface area contributed by atoms with Crippen molar-refractivity contribution in [3.63, 3.8) is 0 Å². The van der Waals surface area contributed by atoms with Crippen LogP contribution in [0.1, 0.15) is 21.7 Å². The molecule has 23 heavy (non-hydrogen) atoms. The Hall–Kier alpha value is -3.15. The van der Waals surface area contributed by atoms with Gasteiger partial charge in [0.25, 0.3) is 5.91 Å². The molecule has 1 aromatic carbocycles. The number of anilines is 1. The van der Waals surface area contributed by atoms with Gasteiger partial charge in [-0.3, -0.25) is 15.1 Å². The quantitative estimate of drug-likeness (QED) is 0.804. The van der Waals surface area contributed by atoms with Crippen LogP contribution in [0.3, 0.4) is 0 Å². The van der Waals surface area contributed by atoms with Crippen molar-refractivity contribution >= 4 is 11.9 Å². The summed E-state index contributed by atoms with van der Waals surface area (Å²) >= 11 is 0. The molecule has 3 aromatic rings. The van der Waals surface area contributed by atoms with Gasteiger partial charge in [0, 0.05) is 11.8 Å². The fourth-order valence-corrected chi connectivity index (χ4v) is 2.14. The lowest BCUT2D eigenvalue weighted by atomic mass is 10.1. The second-order valence-corrected chi connectivity index (χ2v) is 5.01. The van der Waals surface area contributed by atoms with Crippen LogP contribution in [0, 0.1) is 13.8 Å². The molecule has 3 rings (SSSR count). The topological polar surface area (TPSA) is 80.7 Å². The lowest BCUT2D eigenvalue weighted by Gasteiger charge is -2.08. The normalized spacial score (nSPS) is 10.3. The number of aryl methyl sites for hydroxylation is 2. The van der Waals surface area contributed by atoms with Crippen molar-refractivity contribution in [3.8, 4) is 11.5 Å². The smallest absolute Gasteiger partial charge is 0.258 e. The maximum atomic E-state index is 12.4. The minimum atomic E-state index is -0.249. The summed E-state index contributed by atoms with van der Waals surface area (Å²) in [5.74, 6) is 0.908. The Morgan fingerprint density at radius 3 is 2.48 bits per heavy atom. The fourth-order valence-electron chi connectivity index (χ4n) is 2.14. The fraction of sp³-hybridized carbons (Fsp3) is 0.118. The highest BCUT2D eigenvalue weighted by molar-refractivity contribution is 6.04. The maximum absolute atomic E-state index is 12.4. The van der Waals surface area contributed by atoms with Gasteiger partial charge in [-0.15, -0.1) is 0 Å². The monoisotopic (exact) mass is 305 g/mol. The van der Waals surface area contributed by atoms with Gasteiger partial charge in [-0.1, -0.05) is 24.3 Å². The first-order chi connectivity index (χ1) is 11.1. The second kappa shape index (κ2) is 6.31. The van der Waals surface area contributed by atoms with Gasteiger partial charge in [0.15, 0.2) is 5.82 Å². The zero-order valence-electron chi connectivity index (χ0n) is 12.8. The highest BCUT2D eigenvalue weighted by Gasteiger charge is 2.12. The molecular formula is C17H15N5O. The van der Waals surface area contributed by atoms with E-state index in [-0.39, 0.29) is 11.9 Å². The van der Waals surface area contributed by atoms with E-state index in [1.807, 2.05) is 43.3 Å². The summed E-state index contributed by atoms with van der Waals surface area (Å²) in [4.78, 5) is 29.3. The van der Waals surface area contributed by atoms with E-state index in [2.05, 4.69) is 25.3 Å². The SMILES string of the molecule is Cc1nc(NC(=O)c2ccccc2C)nc(-c2ccccn2)n1. The molecule has 0 fully saturated rings. The largest absolute Gasteiger partial charge is 0.290 e. The van der Waals surface area contributed by atoms with Crippen LogP contribution >= 0.6 is 0 Å². The number of amides is 1. The number of pyridine rings is 1. The number of carbonyl (C=O) groups excluding carboxylic acids is 1. The Morgan fingerprint density at radius 1 is 0.957 bits per heavy atom.